The van der Waals surface area contributed by atoms with Crippen LogP contribution in [0.25, 0.3) is 0 Å². The third-order valence-corrected chi connectivity index (χ3v) is 3.77. The number of rotatable bonds is 8. The SMILES string of the molecule is O=C(CCC(=O)NCc1ccco1)NCCC1=CCCCC1. The summed E-state index contributed by atoms with van der Waals surface area (Å²) in [5, 5.41) is 5.60. The highest BCUT2D eigenvalue weighted by Crippen LogP contribution is 2.19. The Morgan fingerprint density at radius 2 is 1.95 bits per heavy atom. The Kier molecular flexibility index (Phi) is 6.74. The molecule has 0 bridgehead atoms. The number of hydrogen-bond acceptors (Lipinski definition) is 3. The van der Waals surface area contributed by atoms with E-state index in [1.165, 1.54) is 24.8 Å². The van der Waals surface area contributed by atoms with Gasteiger partial charge in [-0.3, -0.25) is 9.59 Å². The van der Waals surface area contributed by atoms with Gasteiger partial charge in [0, 0.05) is 19.4 Å². The van der Waals surface area contributed by atoms with Gasteiger partial charge in [0.15, 0.2) is 0 Å². The molecule has 22 heavy (non-hydrogen) atoms. The number of carbonyl (C=O) groups is 2. The number of carbonyl (C=O) groups excluding carboxylic acids is 2. The first-order chi connectivity index (χ1) is 10.7. The first-order valence-electron chi connectivity index (χ1n) is 7.98. The molecule has 0 aliphatic heterocycles. The molecule has 120 valence electrons. The van der Waals surface area contributed by atoms with Crippen LogP contribution < -0.4 is 10.6 Å². The van der Waals surface area contributed by atoms with Crippen molar-refractivity contribution in [3.63, 3.8) is 0 Å². The van der Waals surface area contributed by atoms with E-state index in [0.29, 0.717) is 18.8 Å². The van der Waals surface area contributed by atoms with Gasteiger partial charge in [-0.15, -0.1) is 0 Å². The lowest BCUT2D eigenvalue weighted by atomic mass is 9.97. The van der Waals surface area contributed by atoms with Crippen LogP contribution in [0.2, 0.25) is 0 Å². The van der Waals surface area contributed by atoms with Gasteiger partial charge >= 0.3 is 0 Å². The Morgan fingerprint density at radius 3 is 2.64 bits per heavy atom. The van der Waals surface area contributed by atoms with E-state index in [1.54, 1.807) is 18.4 Å². The van der Waals surface area contributed by atoms with Crippen LogP contribution in [0.3, 0.4) is 0 Å². The topological polar surface area (TPSA) is 71.3 Å². The molecular formula is C17H24N2O3. The Bertz CT molecular complexity index is 506. The molecule has 2 N–H and O–H groups in total. The summed E-state index contributed by atoms with van der Waals surface area (Å²) in [7, 11) is 0. The summed E-state index contributed by atoms with van der Waals surface area (Å²) in [5.74, 6) is 0.504. The summed E-state index contributed by atoms with van der Waals surface area (Å²) in [4.78, 5) is 23.3. The molecule has 1 aliphatic carbocycles. The minimum Gasteiger partial charge on any atom is -0.467 e. The van der Waals surface area contributed by atoms with E-state index >= 15 is 0 Å². The second-order valence-corrected chi connectivity index (χ2v) is 5.56. The Hall–Kier alpha value is -2.04. The van der Waals surface area contributed by atoms with E-state index in [-0.39, 0.29) is 24.7 Å². The Morgan fingerprint density at radius 1 is 1.14 bits per heavy atom. The van der Waals surface area contributed by atoms with E-state index in [2.05, 4.69) is 16.7 Å². The third-order valence-electron chi connectivity index (χ3n) is 3.77. The highest BCUT2D eigenvalue weighted by atomic mass is 16.3. The molecule has 0 atom stereocenters. The van der Waals surface area contributed by atoms with Crippen LogP contribution in [-0.2, 0) is 16.1 Å². The molecule has 0 saturated heterocycles. The lowest BCUT2D eigenvalue weighted by molar-refractivity contribution is -0.126. The first kappa shape index (κ1) is 16.3. The van der Waals surface area contributed by atoms with Crippen LogP contribution in [0.4, 0.5) is 0 Å². The van der Waals surface area contributed by atoms with Crippen molar-refractivity contribution in [2.24, 2.45) is 0 Å². The van der Waals surface area contributed by atoms with Gasteiger partial charge in [0.1, 0.15) is 5.76 Å². The van der Waals surface area contributed by atoms with Crippen molar-refractivity contribution in [1.29, 1.82) is 0 Å². The number of hydrogen-bond donors (Lipinski definition) is 2. The van der Waals surface area contributed by atoms with Crippen LogP contribution in [-0.4, -0.2) is 18.4 Å². The largest absolute Gasteiger partial charge is 0.467 e. The predicted molar refractivity (Wildman–Crippen MR) is 84.0 cm³/mol. The number of furan rings is 1. The van der Waals surface area contributed by atoms with Crippen molar-refractivity contribution >= 4 is 11.8 Å². The molecule has 1 aliphatic rings. The zero-order chi connectivity index (χ0) is 15.6. The smallest absolute Gasteiger partial charge is 0.220 e. The van der Waals surface area contributed by atoms with Crippen LogP contribution >= 0.6 is 0 Å². The lowest BCUT2D eigenvalue weighted by Crippen LogP contribution is -2.28. The third kappa shape index (κ3) is 6.16. The van der Waals surface area contributed by atoms with E-state index in [4.69, 9.17) is 4.42 Å². The molecule has 0 unspecified atom stereocenters. The first-order valence-corrected chi connectivity index (χ1v) is 7.98. The molecule has 5 heteroatoms. The number of nitrogens with one attached hydrogen (secondary N) is 2. The molecule has 0 spiro atoms. The fourth-order valence-corrected chi connectivity index (χ4v) is 2.50. The normalized spacial score (nSPS) is 14.3. The molecule has 1 aromatic heterocycles. The molecular weight excluding hydrogens is 280 g/mol. The van der Waals surface area contributed by atoms with Crippen LogP contribution in [0, 0.1) is 0 Å². The highest BCUT2D eigenvalue weighted by Gasteiger charge is 2.08. The zero-order valence-corrected chi connectivity index (χ0v) is 12.9. The maximum atomic E-state index is 11.7. The molecule has 0 fully saturated rings. The summed E-state index contributed by atoms with van der Waals surface area (Å²) < 4.78 is 5.12. The van der Waals surface area contributed by atoms with Crippen molar-refractivity contribution in [3.05, 3.63) is 35.8 Å². The Balaban J connectivity index is 1.53. The van der Waals surface area contributed by atoms with Gasteiger partial charge in [-0.2, -0.15) is 0 Å². The van der Waals surface area contributed by atoms with Crippen molar-refractivity contribution in [1.82, 2.24) is 10.6 Å². The minimum atomic E-state index is -0.137. The summed E-state index contributed by atoms with van der Waals surface area (Å²) in [5.41, 5.74) is 1.45. The van der Waals surface area contributed by atoms with E-state index < -0.39 is 0 Å². The van der Waals surface area contributed by atoms with Crippen molar-refractivity contribution in [2.75, 3.05) is 6.54 Å². The van der Waals surface area contributed by atoms with Crippen LogP contribution in [0.5, 0.6) is 0 Å². The molecule has 2 amide bonds. The highest BCUT2D eigenvalue weighted by molar-refractivity contribution is 5.83. The van der Waals surface area contributed by atoms with Gasteiger partial charge in [-0.05, 0) is 44.2 Å². The van der Waals surface area contributed by atoms with Gasteiger partial charge in [0.2, 0.25) is 11.8 Å². The fourth-order valence-electron chi connectivity index (χ4n) is 2.50. The van der Waals surface area contributed by atoms with Crippen molar-refractivity contribution < 1.29 is 14.0 Å². The Labute approximate surface area is 131 Å². The number of amides is 2. The standard InChI is InChI=1S/C17H24N2O3/c20-16(18-11-10-14-5-2-1-3-6-14)8-9-17(21)19-13-15-7-4-12-22-15/h4-5,7,12H,1-3,6,8-11,13H2,(H,18,20)(H,19,21). The van der Waals surface area contributed by atoms with Gasteiger partial charge in [0.25, 0.3) is 0 Å². The zero-order valence-electron chi connectivity index (χ0n) is 12.9. The molecule has 0 radical (unpaired) electrons. The molecule has 2 rings (SSSR count). The molecule has 0 saturated carbocycles. The van der Waals surface area contributed by atoms with E-state index in [1.807, 2.05) is 0 Å². The quantitative estimate of drug-likeness (QED) is 0.725. The monoisotopic (exact) mass is 304 g/mol. The average molecular weight is 304 g/mol. The average Bonchev–Trinajstić information content (AvgIpc) is 3.05. The van der Waals surface area contributed by atoms with Crippen molar-refractivity contribution in [3.8, 4) is 0 Å². The maximum Gasteiger partial charge on any atom is 0.220 e. The maximum absolute atomic E-state index is 11.7. The molecule has 1 heterocycles. The molecule has 0 aromatic carbocycles. The molecule has 1 aromatic rings. The van der Waals surface area contributed by atoms with E-state index in [0.717, 1.165) is 12.8 Å². The number of allylic oxidation sites excluding steroid dienone is 1. The van der Waals surface area contributed by atoms with Crippen LogP contribution in [0.15, 0.2) is 34.5 Å². The second-order valence-electron chi connectivity index (χ2n) is 5.56. The van der Waals surface area contributed by atoms with Gasteiger partial charge in [-0.25, -0.2) is 0 Å². The summed E-state index contributed by atoms with van der Waals surface area (Å²) in [6.07, 6.45) is 10.1. The fraction of sp³-hybridized carbons (Fsp3) is 0.529. The van der Waals surface area contributed by atoms with Gasteiger partial charge in [0.05, 0.1) is 12.8 Å². The summed E-state index contributed by atoms with van der Waals surface area (Å²) in [6.45, 7) is 1.03. The molecule has 5 nitrogen and oxygen atoms in total. The lowest BCUT2D eigenvalue weighted by Gasteiger charge is -2.12. The second kappa shape index (κ2) is 9.07. The van der Waals surface area contributed by atoms with Gasteiger partial charge in [-0.1, -0.05) is 11.6 Å². The summed E-state index contributed by atoms with van der Waals surface area (Å²) in [6, 6.07) is 3.57. The van der Waals surface area contributed by atoms with Crippen molar-refractivity contribution in [2.45, 2.75) is 51.5 Å². The van der Waals surface area contributed by atoms with Crippen LogP contribution in [0.1, 0.15) is 50.7 Å². The summed E-state index contributed by atoms with van der Waals surface area (Å²) >= 11 is 0. The predicted octanol–water partition coefficient (Wildman–Crippen LogP) is 2.68. The van der Waals surface area contributed by atoms with E-state index in [9.17, 15) is 9.59 Å². The minimum absolute atomic E-state index is 0.0652. The van der Waals surface area contributed by atoms with Gasteiger partial charge < -0.3 is 15.1 Å².